The third-order valence-electron chi connectivity index (χ3n) is 1.51. The molecule has 3 nitrogen and oxygen atoms in total. The molecule has 0 aliphatic carbocycles. The van der Waals surface area contributed by atoms with Crippen molar-refractivity contribution >= 4 is 38.5 Å². The molecule has 0 aliphatic heterocycles. The molecule has 0 amide bonds. The molecule has 0 aromatic heterocycles. The number of thioether (sulfide) groups is 1. The minimum absolute atomic E-state index is 0.191. The minimum Gasteiger partial charge on any atom is -0.271 e. The summed E-state index contributed by atoms with van der Waals surface area (Å²) >= 11 is 4.30. The van der Waals surface area contributed by atoms with Crippen LogP contribution < -0.4 is 5.32 Å². The Balaban J connectivity index is 3.07. The summed E-state index contributed by atoms with van der Waals surface area (Å²) < 4.78 is 13.8. The summed E-state index contributed by atoms with van der Waals surface area (Å²) in [6, 6.07) is 4.80. The van der Waals surface area contributed by atoms with Gasteiger partial charge in [0, 0.05) is 0 Å². The largest absolute Gasteiger partial charge is 0.271 e. The predicted octanol–water partition coefficient (Wildman–Crippen LogP) is 3.01. The van der Waals surface area contributed by atoms with Crippen LogP contribution in [0.3, 0.4) is 0 Å². The molecule has 15 heavy (non-hydrogen) atoms. The van der Waals surface area contributed by atoms with Gasteiger partial charge < -0.3 is 0 Å². The molecule has 6 heteroatoms. The van der Waals surface area contributed by atoms with Crippen molar-refractivity contribution in [2.45, 2.75) is 0 Å². The maximum absolute atomic E-state index is 13.5. The van der Waals surface area contributed by atoms with Crippen molar-refractivity contribution in [1.82, 2.24) is 5.32 Å². The average Bonchev–Trinajstić information content (AvgIpc) is 2.24. The number of nitriles is 1. The van der Waals surface area contributed by atoms with Crippen LogP contribution in [0.25, 0.3) is 0 Å². The number of nitrogens with zero attached hydrogens (tertiary/aromatic N) is 2. The van der Waals surface area contributed by atoms with Crippen molar-refractivity contribution in [2.75, 3.05) is 6.26 Å². The molecule has 1 N–H and O–H groups in total. The lowest BCUT2D eigenvalue weighted by molar-refractivity contribution is 0.623. The van der Waals surface area contributed by atoms with Crippen LogP contribution in [0.5, 0.6) is 0 Å². The second-order valence-electron chi connectivity index (χ2n) is 2.43. The standard InChI is InChI=1S/C9H7BrFN3S/c1-15-9(13-5-12)14-7-4-2-3-6(10)8(7)11/h2-4H,1H3,(H,13,14). The molecule has 1 aromatic rings. The van der Waals surface area contributed by atoms with Gasteiger partial charge in [-0.25, -0.2) is 9.38 Å². The maximum atomic E-state index is 13.5. The Morgan fingerprint density at radius 2 is 2.40 bits per heavy atom. The number of halogens is 2. The molecular weight excluding hydrogens is 281 g/mol. The number of nitrogens with one attached hydrogen (secondary N) is 1. The van der Waals surface area contributed by atoms with Gasteiger partial charge in [-0.3, -0.25) is 5.32 Å². The van der Waals surface area contributed by atoms with E-state index in [1.54, 1.807) is 24.6 Å². The Bertz CT molecular complexity index is 428. The van der Waals surface area contributed by atoms with Gasteiger partial charge in [-0.15, -0.1) is 0 Å². The van der Waals surface area contributed by atoms with Crippen molar-refractivity contribution in [3.63, 3.8) is 0 Å². The second kappa shape index (κ2) is 5.73. The fourth-order valence-corrected chi connectivity index (χ4v) is 1.55. The molecule has 0 heterocycles. The lowest BCUT2D eigenvalue weighted by Gasteiger charge is -2.01. The van der Waals surface area contributed by atoms with E-state index in [-0.39, 0.29) is 5.69 Å². The van der Waals surface area contributed by atoms with Crippen LogP contribution in [0.1, 0.15) is 0 Å². The highest BCUT2D eigenvalue weighted by atomic mass is 79.9. The first kappa shape index (κ1) is 12.0. The lowest BCUT2D eigenvalue weighted by Crippen LogP contribution is -2.12. The van der Waals surface area contributed by atoms with Crippen molar-refractivity contribution in [3.05, 3.63) is 28.5 Å². The molecule has 0 atom stereocenters. The van der Waals surface area contributed by atoms with Gasteiger partial charge in [0.1, 0.15) is 5.69 Å². The van der Waals surface area contributed by atoms with Crippen LogP contribution in [-0.2, 0) is 0 Å². The van der Waals surface area contributed by atoms with E-state index in [1.807, 2.05) is 0 Å². The zero-order valence-corrected chi connectivity index (χ0v) is 10.2. The number of rotatable bonds is 1. The molecule has 0 spiro atoms. The Morgan fingerprint density at radius 1 is 1.67 bits per heavy atom. The molecule has 0 radical (unpaired) electrons. The van der Waals surface area contributed by atoms with Gasteiger partial charge in [0.15, 0.2) is 17.2 Å². The lowest BCUT2D eigenvalue weighted by atomic mass is 10.3. The van der Waals surface area contributed by atoms with Crippen LogP contribution in [-0.4, -0.2) is 11.4 Å². The van der Waals surface area contributed by atoms with Crippen molar-refractivity contribution in [2.24, 2.45) is 4.99 Å². The molecule has 0 saturated heterocycles. The van der Waals surface area contributed by atoms with Gasteiger partial charge in [-0.05, 0) is 34.3 Å². The van der Waals surface area contributed by atoms with E-state index in [1.165, 1.54) is 17.8 Å². The Hall–Kier alpha value is -1.06. The SMILES string of the molecule is CSC(=Nc1cccc(Br)c1F)NC#N. The Labute approximate surface area is 99.5 Å². The molecule has 1 rings (SSSR count). The number of hydrogen-bond donors (Lipinski definition) is 1. The van der Waals surface area contributed by atoms with E-state index >= 15 is 0 Å². The summed E-state index contributed by atoms with van der Waals surface area (Å²) in [4.78, 5) is 3.97. The van der Waals surface area contributed by atoms with Crippen molar-refractivity contribution in [3.8, 4) is 6.19 Å². The average molecular weight is 288 g/mol. The Kier molecular flexibility index (Phi) is 4.59. The summed E-state index contributed by atoms with van der Waals surface area (Å²) in [5.41, 5.74) is 0.191. The zero-order valence-electron chi connectivity index (χ0n) is 7.79. The molecule has 0 fully saturated rings. The smallest absolute Gasteiger partial charge is 0.183 e. The highest BCUT2D eigenvalue weighted by Crippen LogP contribution is 2.25. The molecular formula is C9H7BrFN3S. The fraction of sp³-hybridized carbons (Fsp3) is 0.111. The number of amidine groups is 1. The predicted molar refractivity (Wildman–Crippen MR) is 63.5 cm³/mol. The first-order valence-corrected chi connectivity index (χ1v) is 5.92. The van der Waals surface area contributed by atoms with Crippen LogP contribution in [0.2, 0.25) is 0 Å². The number of hydrogen-bond acceptors (Lipinski definition) is 3. The van der Waals surface area contributed by atoms with Gasteiger partial charge in [-0.1, -0.05) is 17.8 Å². The van der Waals surface area contributed by atoms with E-state index in [0.29, 0.717) is 9.64 Å². The second-order valence-corrected chi connectivity index (χ2v) is 4.08. The summed E-state index contributed by atoms with van der Waals surface area (Å²) in [6.07, 6.45) is 3.49. The number of benzene rings is 1. The first-order chi connectivity index (χ1) is 7.19. The van der Waals surface area contributed by atoms with Crippen molar-refractivity contribution in [1.29, 1.82) is 5.26 Å². The maximum Gasteiger partial charge on any atom is 0.183 e. The third-order valence-corrected chi connectivity index (χ3v) is 2.70. The quantitative estimate of drug-likeness (QED) is 0.374. The minimum atomic E-state index is -0.441. The van der Waals surface area contributed by atoms with Crippen LogP contribution >= 0.6 is 27.7 Å². The van der Waals surface area contributed by atoms with Crippen molar-refractivity contribution < 1.29 is 4.39 Å². The highest BCUT2D eigenvalue weighted by Gasteiger charge is 2.05. The molecule has 0 saturated carbocycles. The van der Waals surface area contributed by atoms with E-state index in [0.717, 1.165) is 0 Å². The van der Waals surface area contributed by atoms with E-state index in [4.69, 9.17) is 5.26 Å². The topological polar surface area (TPSA) is 48.2 Å². The van der Waals surface area contributed by atoms with Crippen LogP contribution in [0.15, 0.2) is 27.7 Å². The third kappa shape index (κ3) is 3.22. The molecule has 0 aliphatic rings. The highest BCUT2D eigenvalue weighted by molar-refractivity contribution is 9.10. The van der Waals surface area contributed by atoms with Gasteiger partial charge in [0.2, 0.25) is 0 Å². The summed E-state index contributed by atoms with van der Waals surface area (Å²) in [6.45, 7) is 0. The van der Waals surface area contributed by atoms with Crippen LogP contribution in [0, 0.1) is 17.3 Å². The summed E-state index contributed by atoms with van der Waals surface area (Å²) in [5, 5.41) is 11.1. The van der Waals surface area contributed by atoms with Gasteiger partial charge in [0.05, 0.1) is 4.47 Å². The molecule has 78 valence electrons. The Morgan fingerprint density at radius 3 is 3.00 bits per heavy atom. The summed E-state index contributed by atoms with van der Waals surface area (Å²) in [5.74, 6) is -0.441. The van der Waals surface area contributed by atoms with E-state index in [2.05, 4.69) is 26.2 Å². The van der Waals surface area contributed by atoms with Crippen LogP contribution in [0.4, 0.5) is 10.1 Å². The zero-order chi connectivity index (χ0) is 11.3. The molecule has 0 unspecified atom stereocenters. The van der Waals surface area contributed by atoms with Gasteiger partial charge in [-0.2, -0.15) is 5.26 Å². The molecule has 0 bridgehead atoms. The monoisotopic (exact) mass is 287 g/mol. The summed E-state index contributed by atoms with van der Waals surface area (Å²) in [7, 11) is 0. The first-order valence-electron chi connectivity index (χ1n) is 3.91. The van der Waals surface area contributed by atoms with E-state index < -0.39 is 5.82 Å². The number of aliphatic imine (C=N–C) groups is 1. The van der Waals surface area contributed by atoms with E-state index in [9.17, 15) is 4.39 Å². The molecule has 1 aromatic carbocycles. The normalized spacial score (nSPS) is 10.9. The van der Waals surface area contributed by atoms with Gasteiger partial charge in [0.25, 0.3) is 0 Å². The fourth-order valence-electron chi connectivity index (χ4n) is 0.861. The van der Waals surface area contributed by atoms with Gasteiger partial charge >= 0.3 is 0 Å².